The van der Waals surface area contributed by atoms with Gasteiger partial charge in [0.2, 0.25) is 19.9 Å². The van der Waals surface area contributed by atoms with Gasteiger partial charge in [-0.3, -0.25) is 37.8 Å². The van der Waals surface area contributed by atoms with Gasteiger partial charge in [-0.15, -0.1) is 0 Å². The van der Waals surface area contributed by atoms with Crippen LogP contribution in [-0.2, 0) is 32.6 Å². The summed E-state index contributed by atoms with van der Waals surface area (Å²) in [5, 5.41) is 31.9. The average molecular weight is 720 g/mol. The van der Waals surface area contributed by atoms with Gasteiger partial charge in [0.1, 0.15) is 49.3 Å². The molecule has 0 amide bonds. The summed E-state index contributed by atoms with van der Waals surface area (Å²) in [5.74, 6) is -0.484. The normalized spacial score (nSPS) is 29.5. The van der Waals surface area contributed by atoms with Crippen molar-refractivity contribution >= 4 is 49.8 Å². The molecule has 24 nitrogen and oxygen atoms in total. The third-order valence-corrected chi connectivity index (χ3v) is 8.96. The van der Waals surface area contributed by atoms with Crippen LogP contribution in [0.25, 0.3) is 22.3 Å². The molecule has 0 radical (unpaired) electrons. The first-order chi connectivity index (χ1) is 22.8. The van der Waals surface area contributed by atoms with E-state index in [1.165, 1.54) is 9.13 Å². The lowest BCUT2D eigenvalue weighted by molar-refractivity contribution is -0.0605. The molecular formula is C22H30N10O14P2. The fourth-order valence-corrected chi connectivity index (χ4v) is 6.58. The number of nitrogen functional groups attached to an aromatic ring is 2. The Labute approximate surface area is 266 Å². The van der Waals surface area contributed by atoms with Gasteiger partial charge in [0, 0.05) is 0 Å². The maximum atomic E-state index is 13.0. The SMILES string of the molecule is Nc1nc2c(ncn2[C@@H]2O[C@H](CO)C(OCP(=O)(O)OC[C@H]3O[C@@H](n4cnc5c(=O)[nH]c(N)nc54)C(O)C3OC[PH](=O)O)C2O)c(=O)[nH]1. The van der Waals surface area contributed by atoms with Crippen molar-refractivity contribution in [3.05, 3.63) is 33.4 Å². The highest BCUT2D eigenvalue weighted by Gasteiger charge is 2.49. The van der Waals surface area contributed by atoms with Gasteiger partial charge >= 0.3 is 7.60 Å². The number of aliphatic hydroxyl groups is 3. The number of imidazole rings is 2. The summed E-state index contributed by atoms with van der Waals surface area (Å²) in [5.41, 5.74) is 9.60. The molecule has 4 aromatic heterocycles. The van der Waals surface area contributed by atoms with Gasteiger partial charge in [0.15, 0.2) is 34.8 Å². The summed E-state index contributed by atoms with van der Waals surface area (Å²) >= 11 is 0. The number of rotatable bonds is 12. The molecule has 2 fully saturated rings. The number of nitrogens with one attached hydrogen (secondary N) is 2. The van der Waals surface area contributed by atoms with E-state index in [0.717, 1.165) is 12.7 Å². The van der Waals surface area contributed by atoms with Gasteiger partial charge in [-0.05, 0) is 0 Å². The van der Waals surface area contributed by atoms with Gasteiger partial charge in [-0.1, -0.05) is 0 Å². The Morgan fingerprint density at radius 3 is 1.92 bits per heavy atom. The van der Waals surface area contributed by atoms with Crippen molar-refractivity contribution < 1.29 is 57.7 Å². The van der Waals surface area contributed by atoms with E-state index in [-0.39, 0.29) is 34.2 Å². The van der Waals surface area contributed by atoms with Gasteiger partial charge in [-0.2, -0.15) is 9.97 Å². The Bertz CT molecular complexity index is 2000. The van der Waals surface area contributed by atoms with Crippen LogP contribution < -0.4 is 22.6 Å². The predicted molar refractivity (Wildman–Crippen MR) is 159 cm³/mol. The number of aromatic amines is 2. The summed E-state index contributed by atoms with van der Waals surface area (Å²) < 4.78 is 54.3. The molecule has 262 valence electrons. The van der Waals surface area contributed by atoms with Crippen molar-refractivity contribution in [1.82, 2.24) is 39.0 Å². The van der Waals surface area contributed by atoms with E-state index in [0.29, 0.717) is 0 Å². The van der Waals surface area contributed by atoms with Crippen LogP contribution in [0.3, 0.4) is 0 Å². The van der Waals surface area contributed by atoms with Crippen LogP contribution in [-0.4, -0.2) is 127 Å². The molecule has 2 saturated heterocycles. The van der Waals surface area contributed by atoms with Crippen LogP contribution in [0.2, 0.25) is 0 Å². The van der Waals surface area contributed by atoms with E-state index in [9.17, 15) is 43.8 Å². The van der Waals surface area contributed by atoms with E-state index in [1.807, 2.05) is 0 Å². The Morgan fingerprint density at radius 1 is 0.917 bits per heavy atom. The van der Waals surface area contributed by atoms with Gasteiger partial charge in [0.25, 0.3) is 11.1 Å². The third kappa shape index (κ3) is 6.53. The zero-order valence-electron chi connectivity index (χ0n) is 24.3. The number of ether oxygens (including phenoxy) is 4. The Hall–Kier alpha value is -3.64. The summed E-state index contributed by atoms with van der Waals surface area (Å²) in [6, 6.07) is 0. The molecule has 0 aliphatic carbocycles. The molecule has 0 saturated carbocycles. The Morgan fingerprint density at radius 2 is 1.42 bits per heavy atom. The summed E-state index contributed by atoms with van der Waals surface area (Å²) in [6.07, 6.45) is -10.5. The molecule has 4 aromatic rings. The summed E-state index contributed by atoms with van der Waals surface area (Å²) in [7, 11) is -7.87. The fraction of sp³-hybridized carbons (Fsp3) is 0.545. The highest BCUT2D eigenvalue weighted by Crippen LogP contribution is 2.45. The van der Waals surface area contributed by atoms with Crippen molar-refractivity contribution in [3.63, 3.8) is 0 Å². The lowest BCUT2D eigenvalue weighted by Crippen LogP contribution is -2.37. The van der Waals surface area contributed by atoms with E-state index in [4.69, 9.17) is 34.9 Å². The highest BCUT2D eigenvalue weighted by atomic mass is 31.2. The van der Waals surface area contributed by atoms with E-state index < -0.39 is 102 Å². The largest absolute Gasteiger partial charge is 0.394 e. The number of aromatic nitrogens is 8. The van der Waals surface area contributed by atoms with Crippen LogP contribution in [0, 0.1) is 0 Å². The molecule has 2 aliphatic rings. The zero-order valence-corrected chi connectivity index (χ0v) is 26.2. The van der Waals surface area contributed by atoms with Crippen LogP contribution in [0.1, 0.15) is 12.5 Å². The number of nitrogens with zero attached hydrogens (tertiary/aromatic N) is 6. The minimum absolute atomic E-state index is 0.0381. The van der Waals surface area contributed by atoms with E-state index in [1.54, 1.807) is 0 Å². The first kappa shape index (κ1) is 34.2. The molecule has 6 heterocycles. The number of fused-ring (bicyclic) bond motifs is 2. The van der Waals surface area contributed by atoms with Crippen LogP contribution >= 0.6 is 15.6 Å². The molecule has 11 N–H and O–H groups in total. The molecule has 0 spiro atoms. The van der Waals surface area contributed by atoms with Crippen molar-refractivity contribution in [2.45, 2.75) is 49.1 Å². The highest BCUT2D eigenvalue weighted by molar-refractivity contribution is 7.52. The number of H-pyrrole nitrogens is 2. The number of aliphatic hydroxyl groups excluding tert-OH is 3. The van der Waals surface area contributed by atoms with Crippen LogP contribution in [0.15, 0.2) is 22.2 Å². The first-order valence-corrected chi connectivity index (χ1v) is 17.2. The molecular weight excluding hydrogens is 690 g/mol. The molecule has 6 rings (SSSR count). The standard InChI is InChI=1S/C22H30N10O14P2/c23-21-27-15-9(17(36)29-21)25-3-31(15)19-11(34)13(7(1-33)45-19)43-6-48(40,41)44-2-8-14(42-5-47(38)39)12(35)20(46-8)32-4-26-10-16(32)28-22(24)30-18(10)37/h3-4,7-8,11-14,19-20,33-35,47H,1-2,5-6H2,(H,38,39)(H,40,41)(H3,23,27,29,36)(H3,24,28,30,37)/t7-,8-,11?,12?,13?,14?,19-,20-/m1/s1. The second kappa shape index (κ2) is 13.3. The molecule has 6 unspecified atom stereocenters. The van der Waals surface area contributed by atoms with Gasteiger partial charge < -0.3 is 60.0 Å². The number of hydrogen-bond donors (Lipinski definition) is 9. The zero-order chi connectivity index (χ0) is 34.5. The molecule has 10 atom stereocenters. The smallest absolute Gasteiger partial charge is 0.353 e. The molecule has 2 aliphatic heterocycles. The van der Waals surface area contributed by atoms with Crippen molar-refractivity contribution in [3.8, 4) is 0 Å². The van der Waals surface area contributed by atoms with E-state index in [2.05, 4.69) is 29.9 Å². The van der Waals surface area contributed by atoms with Crippen LogP contribution in [0.5, 0.6) is 0 Å². The molecule has 48 heavy (non-hydrogen) atoms. The average Bonchev–Trinajstić information content (AvgIpc) is 3.77. The lowest BCUT2D eigenvalue weighted by atomic mass is 10.1. The number of anilines is 2. The van der Waals surface area contributed by atoms with Crippen LogP contribution in [0.4, 0.5) is 11.9 Å². The summed E-state index contributed by atoms with van der Waals surface area (Å²) in [6.45, 7) is -1.40. The first-order valence-electron chi connectivity index (χ1n) is 13.9. The fourth-order valence-electron chi connectivity index (χ4n) is 5.43. The van der Waals surface area contributed by atoms with Crippen molar-refractivity contribution in [1.29, 1.82) is 0 Å². The Balaban J connectivity index is 1.14. The lowest BCUT2D eigenvalue weighted by Gasteiger charge is -2.23. The second-order valence-electron chi connectivity index (χ2n) is 10.7. The Kier molecular flexibility index (Phi) is 9.52. The van der Waals surface area contributed by atoms with Crippen molar-refractivity contribution in [2.24, 2.45) is 0 Å². The minimum atomic E-state index is -4.69. The second-order valence-corrected chi connectivity index (χ2v) is 13.6. The summed E-state index contributed by atoms with van der Waals surface area (Å²) in [4.78, 5) is 64.7. The van der Waals surface area contributed by atoms with Crippen molar-refractivity contribution in [2.75, 3.05) is 37.4 Å². The number of nitrogens with two attached hydrogens (primary N) is 2. The minimum Gasteiger partial charge on any atom is -0.394 e. The van der Waals surface area contributed by atoms with Gasteiger partial charge in [0.05, 0.1) is 25.9 Å². The van der Waals surface area contributed by atoms with Gasteiger partial charge in [-0.25, -0.2) is 9.97 Å². The molecule has 0 aromatic carbocycles. The molecule has 0 bridgehead atoms. The maximum absolute atomic E-state index is 13.0. The third-order valence-electron chi connectivity index (χ3n) is 7.52. The predicted octanol–water partition coefficient (Wildman–Crippen LogP) is -3.72. The quantitative estimate of drug-likeness (QED) is 0.0635. The van der Waals surface area contributed by atoms with E-state index >= 15 is 0 Å². The monoisotopic (exact) mass is 720 g/mol. The maximum Gasteiger partial charge on any atom is 0.353 e. The molecule has 26 heteroatoms. The topological polar surface area (TPSA) is 361 Å². The number of hydrogen-bond acceptors (Lipinski definition) is 18.